The van der Waals surface area contributed by atoms with E-state index in [2.05, 4.69) is 24.1 Å². The van der Waals surface area contributed by atoms with Gasteiger partial charge in [0.2, 0.25) is 0 Å². The zero-order valence-corrected chi connectivity index (χ0v) is 13.2. The maximum Gasteiger partial charge on any atom is 0.0700 e. The van der Waals surface area contributed by atoms with E-state index in [9.17, 15) is 5.11 Å². The van der Waals surface area contributed by atoms with Gasteiger partial charge in [-0.05, 0) is 44.7 Å². The molecule has 1 heterocycles. The van der Waals surface area contributed by atoms with Crippen molar-refractivity contribution >= 4 is 0 Å². The van der Waals surface area contributed by atoms with Crippen molar-refractivity contribution in [3.63, 3.8) is 0 Å². The predicted octanol–water partition coefficient (Wildman–Crippen LogP) is 1.63. The van der Waals surface area contributed by atoms with Crippen molar-refractivity contribution in [2.24, 2.45) is 5.92 Å². The Labute approximate surface area is 123 Å². The zero-order valence-electron chi connectivity index (χ0n) is 13.2. The van der Waals surface area contributed by atoms with Gasteiger partial charge >= 0.3 is 0 Å². The van der Waals surface area contributed by atoms with Crippen LogP contribution >= 0.6 is 0 Å². The van der Waals surface area contributed by atoms with Crippen LogP contribution in [0.5, 0.6) is 0 Å². The molecule has 0 aromatic carbocycles. The van der Waals surface area contributed by atoms with Crippen molar-refractivity contribution in [1.82, 2.24) is 10.2 Å². The van der Waals surface area contributed by atoms with E-state index >= 15 is 0 Å². The number of morpholine rings is 1. The van der Waals surface area contributed by atoms with Gasteiger partial charge in [0.1, 0.15) is 0 Å². The molecule has 4 heteroatoms. The second-order valence-electron chi connectivity index (χ2n) is 6.42. The third-order valence-corrected chi connectivity index (χ3v) is 5.24. The number of aliphatic hydroxyl groups is 1. The van der Waals surface area contributed by atoms with Gasteiger partial charge in [-0.25, -0.2) is 0 Å². The molecule has 1 aliphatic heterocycles. The molecule has 0 amide bonds. The summed E-state index contributed by atoms with van der Waals surface area (Å²) in [5.74, 6) is 0.621. The fourth-order valence-corrected chi connectivity index (χ4v) is 3.98. The molecule has 0 radical (unpaired) electrons. The number of nitrogens with zero attached hydrogens (tertiary/aromatic N) is 1. The Kier molecular flexibility index (Phi) is 6.27. The van der Waals surface area contributed by atoms with Crippen molar-refractivity contribution < 1.29 is 9.84 Å². The lowest BCUT2D eigenvalue weighted by Gasteiger charge is -2.37. The van der Waals surface area contributed by atoms with E-state index in [-0.39, 0.29) is 12.1 Å². The Morgan fingerprint density at radius 1 is 1.40 bits per heavy atom. The van der Waals surface area contributed by atoms with E-state index in [0.717, 1.165) is 45.6 Å². The summed E-state index contributed by atoms with van der Waals surface area (Å²) >= 11 is 0. The molecule has 0 spiro atoms. The molecule has 2 rings (SSSR count). The minimum Gasteiger partial charge on any atom is -0.394 e. The first-order valence-electron chi connectivity index (χ1n) is 8.44. The van der Waals surface area contributed by atoms with Crippen molar-refractivity contribution in [1.29, 1.82) is 0 Å². The van der Waals surface area contributed by atoms with E-state index in [1.807, 2.05) is 0 Å². The summed E-state index contributed by atoms with van der Waals surface area (Å²) in [6.45, 7) is 9.75. The number of aliphatic hydroxyl groups excluding tert-OH is 1. The Morgan fingerprint density at radius 2 is 2.25 bits per heavy atom. The van der Waals surface area contributed by atoms with Gasteiger partial charge < -0.3 is 15.2 Å². The summed E-state index contributed by atoms with van der Waals surface area (Å²) in [5, 5.41) is 13.4. The van der Waals surface area contributed by atoms with Gasteiger partial charge in [0, 0.05) is 18.6 Å². The van der Waals surface area contributed by atoms with E-state index in [1.54, 1.807) is 0 Å². The van der Waals surface area contributed by atoms with Crippen LogP contribution in [0.15, 0.2) is 0 Å². The molecule has 1 saturated carbocycles. The minimum absolute atomic E-state index is 0.00874. The average Bonchev–Trinajstić information content (AvgIpc) is 2.89. The number of hydrogen-bond donors (Lipinski definition) is 2. The van der Waals surface area contributed by atoms with Crippen molar-refractivity contribution in [2.75, 3.05) is 39.4 Å². The lowest BCUT2D eigenvalue weighted by Crippen LogP contribution is -2.52. The standard InChI is InChI=1S/C16H32N2O2/c1-3-15-12-18(10-11-20-15)9-7-14-6-5-8-16(14,13-19)17-4-2/h14-15,17,19H,3-13H2,1-2H3. The molecule has 4 nitrogen and oxygen atoms in total. The average molecular weight is 284 g/mol. The smallest absolute Gasteiger partial charge is 0.0700 e. The molecule has 20 heavy (non-hydrogen) atoms. The van der Waals surface area contributed by atoms with Crippen molar-refractivity contribution in [2.45, 2.75) is 57.6 Å². The van der Waals surface area contributed by atoms with Crippen molar-refractivity contribution in [3.05, 3.63) is 0 Å². The van der Waals surface area contributed by atoms with Crippen LogP contribution in [0.4, 0.5) is 0 Å². The topological polar surface area (TPSA) is 44.7 Å². The summed E-state index contributed by atoms with van der Waals surface area (Å²) in [6, 6.07) is 0. The Balaban J connectivity index is 1.83. The summed E-state index contributed by atoms with van der Waals surface area (Å²) in [5.41, 5.74) is -0.00874. The normalized spacial score (nSPS) is 35.5. The monoisotopic (exact) mass is 284 g/mol. The molecule has 3 unspecified atom stereocenters. The number of ether oxygens (including phenoxy) is 1. The summed E-state index contributed by atoms with van der Waals surface area (Å²) < 4.78 is 5.74. The van der Waals surface area contributed by atoms with Gasteiger partial charge in [-0.1, -0.05) is 20.3 Å². The highest BCUT2D eigenvalue weighted by atomic mass is 16.5. The number of likely N-dealkylation sites (N-methyl/N-ethyl adjacent to an activating group) is 1. The highest BCUT2D eigenvalue weighted by molar-refractivity contribution is 4.99. The fraction of sp³-hybridized carbons (Fsp3) is 1.00. The molecule has 0 aromatic rings. The van der Waals surface area contributed by atoms with Crippen LogP contribution in [0.2, 0.25) is 0 Å². The van der Waals surface area contributed by atoms with E-state index in [1.165, 1.54) is 19.3 Å². The SMILES string of the molecule is CCNC1(CO)CCCC1CCN1CCOC(CC)C1. The first kappa shape index (κ1) is 16.2. The van der Waals surface area contributed by atoms with E-state index in [0.29, 0.717) is 12.0 Å². The van der Waals surface area contributed by atoms with Crippen LogP contribution in [0.3, 0.4) is 0 Å². The molecule has 1 saturated heterocycles. The second-order valence-corrected chi connectivity index (χ2v) is 6.42. The lowest BCUT2D eigenvalue weighted by atomic mass is 9.85. The fourth-order valence-electron chi connectivity index (χ4n) is 3.98. The second kappa shape index (κ2) is 7.74. The van der Waals surface area contributed by atoms with Gasteiger partial charge in [0.05, 0.1) is 19.3 Å². The molecule has 0 bridgehead atoms. The predicted molar refractivity (Wildman–Crippen MR) is 81.9 cm³/mol. The first-order chi connectivity index (χ1) is 9.74. The van der Waals surface area contributed by atoms with Crippen molar-refractivity contribution in [3.8, 4) is 0 Å². The molecular formula is C16H32N2O2. The van der Waals surface area contributed by atoms with Crippen LogP contribution in [0.1, 0.15) is 46.0 Å². The molecule has 118 valence electrons. The van der Waals surface area contributed by atoms with Gasteiger partial charge in [0.15, 0.2) is 0 Å². The quantitative estimate of drug-likeness (QED) is 0.746. The van der Waals surface area contributed by atoms with E-state index < -0.39 is 0 Å². The van der Waals surface area contributed by atoms with E-state index in [4.69, 9.17) is 4.74 Å². The number of rotatable bonds is 7. The minimum atomic E-state index is -0.00874. The van der Waals surface area contributed by atoms with Gasteiger partial charge in [-0.2, -0.15) is 0 Å². The molecule has 2 N–H and O–H groups in total. The van der Waals surface area contributed by atoms with Gasteiger partial charge in [0.25, 0.3) is 0 Å². The van der Waals surface area contributed by atoms with Crippen LogP contribution in [-0.2, 0) is 4.74 Å². The molecule has 1 aliphatic carbocycles. The first-order valence-corrected chi connectivity index (χ1v) is 8.44. The molecule has 2 fully saturated rings. The highest BCUT2D eigenvalue weighted by Crippen LogP contribution is 2.37. The third kappa shape index (κ3) is 3.73. The van der Waals surface area contributed by atoms with Crippen LogP contribution in [-0.4, -0.2) is 61.0 Å². The highest BCUT2D eigenvalue weighted by Gasteiger charge is 2.41. The maximum absolute atomic E-state index is 9.84. The summed E-state index contributed by atoms with van der Waals surface area (Å²) in [7, 11) is 0. The Hall–Kier alpha value is -0.160. The maximum atomic E-state index is 9.84. The van der Waals surface area contributed by atoms with Gasteiger partial charge in [-0.3, -0.25) is 4.90 Å². The third-order valence-electron chi connectivity index (χ3n) is 5.24. The van der Waals surface area contributed by atoms with Crippen LogP contribution in [0, 0.1) is 5.92 Å². The number of hydrogen-bond acceptors (Lipinski definition) is 4. The Bertz CT molecular complexity index is 288. The number of nitrogens with one attached hydrogen (secondary N) is 1. The summed E-state index contributed by atoms with van der Waals surface area (Å²) in [6.07, 6.45) is 6.36. The van der Waals surface area contributed by atoms with Crippen LogP contribution in [0.25, 0.3) is 0 Å². The molecular weight excluding hydrogens is 252 g/mol. The molecule has 2 aliphatic rings. The Morgan fingerprint density at radius 3 is 2.95 bits per heavy atom. The van der Waals surface area contributed by atoms with Crippen LogP contribution < -0.4 is 5.32 Å². The summed E-state index contributed by atoms with van der Waals surface area (Å²) in [4.78, 5) is 2.55. The largest absolute Gasteiger partial charge is 0.394 e. The zero-order chi connectivity index (χ0) is 14.4. The molecule has 3 atom stereocenters. The van der Waals surface area contributed by atoms with Gasteiger partial charge in [-0.15, -0.1) is 0 Å². The lowest BCUT2D eigenvalue weighted by molar-refractivity contribution is -0.0323. The molecule has 0 aromatic heterocycles.